The number of anilines is 1. The third kappa shape index (κ3) is 3.36. The molecule has 2 unspecified atom stereocenters. The van der Waals surface area contributed by atoms with Crippen molar-refractivity contribution in [1.29, 1.82) is 0 Å². The van der Waals surface area contributed by atoms with Crippen molar-refractivity contribution < 1.29 is 28.6 Å². The largest absolute Gasteiger partial charge is 0.507 e. The van der Waals surface area contributed by atoms with Gasteiger partial charge in [0.1, 0.15) is 40.9 Å². The third-order valence-corrected chi connectivity index (χ3v) is 5.99. The van der Waals surface area contributed by atoms with Crippen LogP contribution in [0.2, 0.25) is 0 Å². The summed E-state index contributed by atoms with van der Waals surface area (Å²) in [7, 11) is 1.50. The number of aryl methyl sites for hydroxylation is 1. The molecule has 1 saturated heterocycles. The van der Waals surface area contributed by atoms with Crippen LogP contribution in [0.15, 0.2) is 64.6 Å². The van der Waals surface area contributed by atoms with Gasteiger partial charge in [0, 0.05) is 12.0 Å². The molecule has 7 nitrogen and oxygen atoms in total. The Kier molecular flexibility index (Phi) is 4.96. The fourth-order valence-corrected chi connectivity index (χ4v) is 4.50. The van der Waals surface area contributed by atoms with Crippen molar-refractivity contribution in [3.63, 3.8) is 0 Å². The van der Waals surface area contributed by atoms with Crippen LogP contribution in [0.1, 0.15) is 35.6 Å². The number of hydrogen-bond acceptors (Lipinski definition) is 6. The van der Waals surface area contributed by atoms with E-state index >= 15 is 0 Å². The van der Waals surface area contributed by atoms with Crippen LogP contribution in [0.3, 0.4) is 0 Å². The number of aliphatic hydroxyl groups is 1. The van der Waals surface area contributed by atoms with Crippen molar-refractivity contribution in [1.82, 2.24) is 0 Å². The van der Waals surface area contributed by atoms with Gasteiger partial charge in [0.05, 0.1) is 18.4 Å². The molecule has 3 aromatic rings. The second-order valence-electron chi connectivity index (χ2n) is 8.24. The van der Waals surface area contributed by atoms with Gasteiger partial charge in [0.2, 0.25) is 0 Å². The molecule has 1 amide bonds. The van der Waals surface area contributed by atoms with Gasteiger partial charge in [-0.15, -0.1) is 0 Å². The number of ether oxygens (including phenoxy) is 2. The van der Waals surface area contributed by atoms with Crippen LogP contribution in [0, 0.1) is 6.92 Å². The lowest BCUT2D eigenvalue weighted by molar-refractivity contribution is -0.132. The highest BCUT2D eigenvalue weighted by Gasteiger charge is 2.49. The second kappa shape index (κ2) is 7.85. The van der Waals surface area contributed by atoms with Gasteiger partial charge in [0.25, 0.3) is 11.7 Å². The lowest BCUT2D eigenvalue weighted by atomic mass is 9.97. The average molecular weight is 445 g/mol. The lowest BCUT2D eigenvalue weighted by Crippen LogP contribution is -2.29. The van der Waals surface area contributed by atoms with Crippen molar-refractivity contribution in [3.05, 3.63) is 82.8 Å². The van der Waals surface area contributed by atoms with E-state index in [1.165, 1.54) is 12.0 Å². The fraction of sp³-hybridized carbons (Fsp3) is 0.231. The molecule has 1 N–H and O–H groups in total. The highest BCUT2D eigenvalue weighted by Crippen LogP contribution is 2.45. The van der Waals surface area contributed by atoms with Crippen LogP contribution in [-0.4, -0.2) is 30.0 Å². The molecular weight excluding hydrogens is 422 g/mol. The van der Waals surface area contributed by atoms with E-state index in [2.05, 4.69) is 0 Å². The smallest absolute Gasteiger partial charge is 0.300 e. The zero-order chi connectivity index (χ0) is 23.3. The van der Waals surface area contributed by atoms with Gasteiger partial charge in [-0.25, -0.2) is 0 Å². The zero-order valence-corrected chi connectivity index (χ0v) is 18.5. The summed E-state index contributed by atoms with van der Waals surface area (Å²) in [5.41, 5.74) is 1.76. The van der Waals surface area contributed by atoms with Gasteiger partial charge < -0.3 is 19.0 Å². The predicted octanol–water partition coefficient (Wildman–Crippen LogP) is 4.55. The molecule has 2 aliphatic rings. The summed E-state index contributed by atoms with van der Waals surface area (Å²) in [6.45, 7) is 3.75. The highest BCUT2D eigenvalue weighted by molar-refractivity contribution is 6.51. The summed E-state index contributed by atoms with van der Waals surface area (Å²) in [6, 6.07) is 14.7. The van der Waals surface area contributed by atoms with Gasteiger partial charge in [-0.2, -0.15) is 0 Å². The summed E-state index contributed by atoms with van der Waals surface area (Å²) < 4.78 is 17.0. The summed E-state index contributed by atoms with van der Waals surface area (Å²) >= 11 is 0. The van der Waals surface area contributed by atoms with Crippen molar-refractivity contribution in [2.75, 3.05) is 12.0 Å². The van der Waals surface area contributed by atoms with E-state index in [0.717, 1.165) is 11.3 Å². The number of carbonyl (C=O) groups is 2. The molecule has 5 rings (SSSR count). The number of nitrogens with zero attached hydrogens (tertiary/aromatic N) is 1. The Morgan fingerprint density at radius 2 is 1.91 bits per heavy atom. The van der Waals surface area contributed by atoms with E-state index in [-0.39, 0.29) is 17.4 Å². The average Bonchev–Trinajstić information content (AvgIpc) is 3.48. The Morgan fingerprint density at radius 1 is 1.12 bits per heavy atom. The minimum atomic E-state index is -0.946. The van der Waals surface area contributed by atoms with E-state index in [0.29, 0.717) is 34.9 Å². The number of aliphatic hydroxyl groups excluding tert-OH is 1. The number of para-hydroxylation sites is 2. The summed E-state index contributed by atoms with van der Waals surface area (Å²) in [6.07, 6.45) is 0.743. The van der Waals surface area contributed by atoms with Crippen molar-refractivity contribution in [3.8, 4) is 11.5 Å². The van der Waals surface area contributed by atoms with Crippen LogP contribution in [0.5, 0.6) is 11.5 Å². The Labute approximate surface area is 190 Å². The third-order valence-electron chi connectivity index (χ3n) is 5.99. The maximum atomic E-state index is 13.3. The number of hydrogen-bond donors (Lipinski definition) is 1. The maximum Gasteiger partial charge on any atom is 0.300 e. The van der Waals surface area contributed by atoms with E-state index in [1.54, 1.807) is 61.5 Å². The van der Waals surface area contributed by atoms with E-state index in [1.807, 2.05) is 6.92 Å². The van der Waals surface area contributed by atoms with Crippen LogP contribution in [0.25, 0.3) is 5.76 Å². The molecule has 3 heterocycles. The molecular formula is C26H23NO6. The Bertz CT molecular complexity index is 1300. The first kappa shape index (κ1) is 20.9. The molecule has 7 heteroatoms. The number of fused-ring (bicyclic) bond motifs is 1. The first-order valence-electron chi connectivity index (χ1n) is 10.7. The quantitative estimate of drug-likeness (QED) is 0.360. The number of Topliss-reactive ketones (excluding diaryl/α,β-unsaturated/α-hetero) is 1. The number of benzene rings is 2. The number of furan rings is 1. The predicted molar refractivity (Wildman–Crippen MR) is 121 cm³/mol. The topological polar surface area (TPSA) is 89.2 Å². The molecule has 0 bridgehead atoms. The van der Waals surface area contributed by atoms with E-state index in [9.17, 15) is 14.7 Å². The minimum absolute atomic E-state index is 0.0350. The fourth-order valence-electron chi connectivity index (χ4n) is 4.50. The zero-order valence-electron chi connectivity index (χ0n) is 18.5. The standard InChI is InChI=1S/C26H23NO6/c1-14-8-10-21(32-14)23-22(24(28)16-9-11-19-17(13-16)12-15(2)33-19)25(29)26(30)27(23)18-6-4-5-7-20(18)31-3/h4-11,13,15,23,28H,12H2,1-3H3/b24-22-. The molecule has 2 aliphatic heterocycles. The van der Waals surface area contributed by atoms with Gasteiger partial charge >= 0.3 is 0 Å². The molecule has 0 radical (unpaired) electrons. The molecule has 1 fully saturated rings. The number of carbonyl (C=O) groups excluding carboxylic acids is 2. The molecule has 0 spiro atoms. The monoisotopic (exact) mass is 445 g/mol. The van der Waals surface area contributed by atoms with Crippen molar-refractivity contribution in [2.24, 2.45) is 0 Å². The van der Waals surface area contributed by atoms with Crippen LogP contribution < -0.4 is 14.4 Å². The van der Waals surface area contributed by atoms with E-state index in [4.69, 9.17) is 13.9 Å². The van der Waals surface area contributed by atoms with Gasteiger partial charge in [-0.1, -0.05) is 12.1 Å². The lowest BCUT2D eigenvalue weighted by Gasteiger charge is -2.25. The molecule has 2 aromatic carbocycles. The molecule has 0 aliphatic carbocycles. The molecule has 168 valence electrons. The van der Waals surface area contributed by atoms with Crippen LogP contribution in [-0.2, 0) is 16.0 Å². The van der Waals surface area contributed by atoms with E-state index < -0.39 is 17.7 Å². The Morgan fingerprint density at radius 3 is 2.64 bits per heavy atom. The van der Waals surface area contributed by atoms with Crippen molar-refractivity contribution >= 4 is 23.1 Å². The maximum absolute atomic E-state index is 13.3. The van der Waals surface area contributed by atoms with Gasteiger partial charge in [0.15, 0.2) is 0 Å². The second-order valence-corrected chi connectivity index (χ2v) is 8.24. The molecule has 0 saturated carbocycles. The minimum Gasteiger partial charge on any atom is -0.507 e. The number of ketones is 1. The molecule has 33 heavy (non-hydrogen) atoms. The summed E-state index contributed by atoms with van der Waals surface area (Å²) in [5, 5.41) is 11.3. The normalized spacial score (nSPS) is 21.2. The SMILES string of the molecule is COc1ccccc1N1C(=O)C(=O)/C(=C(\O)c2ccc3c(c2)CC(C)O3)C1c1ccc(C)o1. The first-order valence-corrected chi connectivity index (χ1v) is 10.7. The number of amides is 1. The number of rotatable bonds is 4. The number of methoxy groups -OCH3 is 1. The van der Waals surface area contributed by atoms with Crippen molar-refractivity contribution in [2.45, 2.75) is 32.4 Å². The summed E-state index contributed by atoms with van der Waals surface area (Å²) in [5.74, 6) is 0.368. The summed E-state index contributed by atoms with van der Waals surface area (Å²) in [4.78, 5) is 27.8. The van der Waals surface area contributed by atoms with Crippen LogP contribution in [0.4, 0.5) is 5.69 Å². The molecule has 1 aromatic heterocycles. The Hall–Kier alpha value is -4.00. The molecule has 2 atom stereocenters. The van der Waals surface area contributed by atoms with Gasteiger partial charge in [-0.05, 0) is 61.9 Å². The van der Waals surface area contributed by atoms with Gasteiger partial charge in [-0.3, -0.25) is 14.5 Å². The Balaban J connectivity index is 1.70. The highest BCUT2D eigenvalue weighted by atomic mass is 16.5. The van der Waals surface area contributed by atoms with Crippen LogP contribution >= 0.6 is 0 Å². The first-order chi connectivity index (χ1) is 15.9.